The zero-order chi connectivity index (χ0) is 23.0. The number of anilines is 3. The molecule has 0 spiro atoms. The van der Waals surface area contributed by atoms with Crippen molar-refractivity contribution in [2.24, 2.45) is 0 Å². The predicted octanol–water partition coefficient (Wildman–Crippen LogP) is 5.76. The van der Waals surface area contributed by atoms with Crippen LogP contribution in [-0.2, 0) is 9.59 Å². The van der Waals surface area contributed by atoms with Gasteiger partial charge in [-0.05, 0) is 60.5 Å². The molecule has 1 aliphatic heterocycles. The minimum atomic E-state index is -0.435. The van der Waals surface area contributed by atoms with E-state index in [-0.39, 0.29) is 11.3 Å². The summed E-state index contributed by atoms with van der Waals surface area (Å²) in [5.74, 6) is -0.842. The lowest BCUT2D eigenvalue weighted by Gasteiger charge is -2.19. The van der Waals surface area contributed by atoms with E-state index in [0.717, 1.165) is 11.3 Å². The summed E-state index contributed by atoms with van der Waals surface area (Å²) in [6.07, 6.45) is 0. The molecule has 0 aliphatic carbocycles. The molecule has 0 bridgehead atoms. The standard InChI is InChI=1S/C25H21Cl2N3O2/c1-15-7-10-18(27)13-21(15)28-23-22(16-8-11-17(26)12-9-16)24(31)30(25(23)32)20-6-4-5-19(14-20)29(2)3/h4-14,28H,1-3H3. The summed E-state index contributed by atoms with van der Waals surface area (Å²) in [5, 5.41) is 4.24. The van der Waals surface area contributed by atoms with Gasteiger partial charge in [-0.25, -0.2) is 4.90 Å². The first-order chi connectivity index (χ1) is 15.3. The molecule has 3 aromatic carbocycles. The number of nitrogens with one attached hydrogen (secondary N) is 1. The van der Waals surface area contributed by atoms with Crippen LogP contribution in [0.2, 0.25) is 10.0 Å². The van der Waals surface area contributed by atoms with E-state index in [1.54, 1.807) is 42.5 Å². The van der Waals surface area contributed by atoms with Crippen LogP contribution in [0, 0.1) is 6.92 Å². The summed E-state index contributed by atoms with van der Waals surface area (Å²) < 4.78 is 0. The van der Waals surface area contributed by atoms with Crippen LogP contribution in [0.15, 0.2) is 72.4 Å². The SMILES string of the molecule is Cc1ccc(Cl)cc1NC1=C(c2ccc(Cl)cc2)C(=O)N(c2cccc(N(C)C)c2)C1=O. The lowest BCUT2D eigenvalue weighted by molar-refractivity contribution is -0.120. The summed E-state index contributed by atoms with van der Waals surface area (Å²) in [4.78, 5) is 30.2. The molecule has 0 aromatic heterocycles. The second-order valence-corrected chi connectivity index (χ2v) is 8.57. The van der Waals surface area contributed by atoms with Gasteiger partial charge in [0.2, 0.25) is 0 Å². The van der Waals surface area contributed by atoms with E-state index in [2.05, 4.69) is 5.32 Å². The first kappa shape index (κ1) is 21.9. The Morgan fingerprint density at radius 2 is 1.53 bits per heavy atom. The molecule has 0 saturated heterocycles. The van der Waals surface area contributed by atoms with E-state index in [0.29, 0.717) is 27.0 Å². The fourth-order valence-electron chi connectivity index (χ4n) is 3.54. The van der Waals surface area contributed by atoms with Crippen molar-refractivity contribution in [1.29, 1.82) is 0 Å². The number of hydrogen-bond acceptors (Lipinski definition) is 4. The second kappa shape index (κ2) is 8.69. The summed E-state index contributed by atoms with van der Waals surface area (Å²) in [6, 6.07) is 19.5. The van der Waals surface area contributed by atoms with E-state index >= 15 is 0 Å². The maximum Gasteiger partial charge on any atom is 0.282 e. The van der Waals surface area contributed by atoms with Crippen molar-refractivity contribution in [3.63, 3.8) is 0 Å². The zero-order valence-electron chi connectivity index (χ0n) is 17.8. The molecular formula is C25H21Cl2N3O2. The monoisotopic (exact) mass is 465 g/mol. The molecule has 1 heterocycles. The van der Waals surface area contributed by atoms with Crippen LogP contribution in [0.5, 0.6) is 0 Å². The topological polar surface area (TPSA) is 52.7 Å². The molecule has 2 amide bonds. The van der Waals surface area contributed by atoms with Gasteiger partial charge >= 0.3 is 0 Å². The van der Waals surface area contributed by atoms with Crippen molar-refractivity contribution < 1.29 is 9.59 Å². The number of aryl methyl sites for hydroxylation is 1. The first-order valence-electron chi connectivity index (χ1n) is 9.96. The Balaban J connectivity index is 1.84. The third kappa shape index (κ3) is 4.09. The highest BCUT2D eigenvalue weighted by Gasteiger charge is 2.40. The van der Waals surface area contributed by atoms with Crippen molar-refractivity contribution in [3.05, 3.63) is 93.6 Å². The molecule has 0 fully saturated rings. The molecule has 3 aromatic rings. The number of imide groups is 1. The summed E-state index contributed by atoms with van der Waals surface area (Å²) in [6.45, 7) is 1.90. The second-order valence-electron chi connectivity index (χ2n) is 7.70. The van der Waals surface area contributed by atoms with E-state index in [1.807, 2.05) is 50.2 Å². The molecule has 0 unspecified atom stereocenters. The number of nitrogens with zero attached hydrogens (tertiary/aromatic N) is 2. The number of benzene rings is 3. The number of hydrogen-bond donors (Lipinski definition) is 1. The number of rotatable bonds is 5. The van der Waals surface area contributed by atoms with Crippen molar-refractivity contribution >= 4 is 57.7 Å². The van der Waals surface area contributed by atoms with Crippen molar-refractivity contribution in [3.8, 4) is 0 Å². The van der Waals surface area contributed by atoms with Crippen molar-refractivity contribution in [1.82, 2.24) is 0 Å². The molecule has 162 valence electrons. The molecule has 32 heavy (non-hydrogen) atoms. The van der Waals surface area contributed by atoms with Gasteiger partial charge in [0, 0.05) is 35.5 Å². The minimum Gasteiger partial charge on any atom is -0.378 e. The summed E-state index contributed by atoms with van der Waals surface area (Å²) in [5.41, 5.74) is 4.00. The maximum absolute atomic E-state index is 13.6. The Kier molecular flexibility index (Phi) is 5.96. The third-order valence-corrected chi connectivity index (χ3v) is 5.77. The van der Waals surface area contributed by atoms with Crippen LogP contribution in [0.3, 0.4) is 0 Å². The third-order valence-electron chi connectivity index (χ3n) is 5.28. The average molecular weight is 466 g/mol. The molecule has 7 heteroatoms. The van der Waals surface area contributed by atoms with Crippen LogP contribution in [0.25, 0.3) is 5.57 Å². The van der Waals surface area contributed by atoms with Crippen LogP contribution in [0.4, 0.5) is 17.1 Å². The van der Waals surface area contributed by atoms with E-state index in [1.165, 1.54) is 4.90 Å². The first-order valence-corrected chi connectivity index (χ1v) is 10.7. The molecule has 1 N–H and O–H groups in total. The highest BCUT2D eigenvalue weighted by molar-refractivity contribution is 6.46. The Morgan fingerprint density at radius 1 is 0.844 bits per heavy atom. The van der Waals surface area contributed by atoms with Crippen LogP contribution >= 0.6 is 23.2 Å². The van der Waals surface area contributed by atoms with Crippen LogP contribution in [-0.4, -0.2) is 25.9 Å². The van der Waals surface area contributed by atoms with Crippen LogP contribution < -0.4 is 15.1 Å². The van der Waals surface area contributed by atoms with E-state index in [9.17, 15) is 9.59 Å². The Morgan fingerprint density at radius 3 is 2.22 bits per heavy atom. The Labute approximate surface area is 196 Å². The Bertz CT molecular complexity index is 1250. The normalized spacial score (nSPS) is 13.7. The smallest absolute Gasteiger partial charge is 0.282 e. The van der Waals surface area contributed by atoms with Gasteiger partial charge in [0.25, 0.3) is 11.8 Å². The predicted molar refractivity (Wildman–Crippen MR) is 131 cm³/mol. The maximum atomic E-state index is 13.6. The van der Waals surface area contributed by atoms with Gasteiger partial charge in [-0.2, -0.15) is 0 Å². The summed E-state index contributed by atoms with van der Waals surface area (Å²) in [7, 11) is 3.80. The molecule has 5 nitrogen and oxygen atoms in total. The molecule has 0 radical (unpaired) electrons. The van der Waals surface area contributed by atoms with E-state index in [4.69, 9.17) is 23.2 Å². The summed E-state index contributed by atoms with van der Waals surface area (Å²) >= 11 is 12.2. The number of carbonyl (C=O) groups is 2. The van der Waals surface area contributed by atoms with Gasteiger partial charge < -0.3 is 10.2 Å². The van der Waals surface area contributed by atoms with Crippen molar-refractivity contribution in [2.75, 3.05) is 29.2 Å². The van der Waals surface area contributed by atoms with Gasteiger partial charge in [-0.3, -0.25) is 9.59 Å². The lowest BCUT2D eigenvalue weighted by Crippen LogP contribution is -2.32. The van der Waals surface area contributed by atoms with Crippen molar-refractivity contribution in [2.45, 2.75) is 6.92 Å². The highest BCUT2D eigenvalue weighted by atomic mass is 35.5. The quantitative estimate of drug-likeness (QED) is 0.486. The lowest BCUT2D eigenvalue weighted by atomic mass is 10.0. The molecule has 1 aliphatic rings. The largest absolute Gasteiger partial charge is 0.378 e. The van der Waals surface area contributed by atoms with Crippen LogP contribution in [0.1, 0.15) is 11.1 Å². The van der Waals surface area contributed by atoms with Gasteiger partial charge in [0.15, 0.2) is 0 Å². The minimum absolute atomic E-state index is 0.193. The van der Waals surface area contributed by atoms with Gasteiger partial charge in [0.1, 0.15) is 5.70 Å². The Hall–Kier alpha value is -3.28. The van der Waals surface area contributed by atoms with E-state index < -0.39 is 11.8 Å². The fourth-order valence-corrected chi connectivity index (χ4v) is 3.84. The molecule has 4 rings (SSSR count). The zero-order valence-corrected chi connectivity index (χ0v) is 19.3. The highest BCUT2D eigenvalue weighted by Crippen LogP contribution is 2.36. The van der Waals surface area contributed by atoms with Gasteiger partial charge in [-0.15, -0.1) is 0 Å². The number of carbonyl (C=O) groups excluding carboxylic acids is 2. The fraction of sp³-hybridized carbons (Fsp3) is 0.120. The molecular weight excluding hydrogens is 445 g/mol. The van der Waals surface area contributed by atoms with Gasteiger partial charge in [-0.1, -0.05) is 47.5 Å². The average Bonchev–Trinajstić information content (AvgIpc) is 3.01. The number of halogens is 2. The molecule has 0 saturated carbocycles. The number of amides is 2. The molecule has 0 atom stereocenters. The van der Waals surface area contributed by atoms with Gasteiger partial charge in [0.05, 0.1) is 11.3 Å².